The predicted molar refractivity (Wildman–Crippen MR) is 158 cm³/mol. The molecule has 3 saturated carbocycles. The molecule has 0 spiro atoms. The van der Waals surface area contributed by atoms with Crippen LogP contribution in [0.1, 0.15) is 111 Å². The van der Waals surface area contributed by atoms with Crippen molar-refractivity contribution in [3.63, 3.8) is 0 Å². The van der Waals surface area contributed by atoms with Gasteiger partial charge >= 0.3 is 5.97 Å². The molecular weight excluding hydrogens is 536 g/mol. The molecule has 0 aliphatic heterocycles. The van der Waals surface area contributed by atoms with Crippen molar-refractivity contribution in [3.8, 4) is 0 Å². The van der Waals surface area contributed by atoms with Gasteiger partial charge in [0.25, 0.3) is 0 Å². The first-order valence-electron chi connectivity index (χ1n) is 15.4. The summed E-state index contributed by atoms with van der Waals surface area (Å²) in [6.07, 6.45) is 19.9. The van der Waals surface area contributed by atoms with E-state index in [0.717, 1.165) is 54.8 Å². The predicted octanol–water partition coefficient (Wildman–Crippen LogP) is 10.0. The molecular formula is C34H49BrO3. The minimum Gasteiger partial charge on any atom is -0.459 e. The molecule has 1 heterocycles. The number of carbonyl (C=O) groups excluding carboxylic acids is 1. The fourth-order valence-electron chi connectivity index (χ4n) is 9.52. The van der Waals surface area contributed by atoms with E-state index in [2.05, 4.69) is 56.6 Å². The van der Waals surface area contributed by atoms with Gasteiger partial charge in [-0.25, -0.2) is 4.79 Å². The number of hydrogen-bond donors (Lipinski definition) is 0. The van der Waals surface area contributed by atoms with Crippen molar-refractivity contribution < 1.29 is 13.9 Å². The first-order valence-corrected chi connectivity index (χ1v) is 16.2. The standard InChI is InChI=1S/C34H49BrO3/c1-22(2)7-6-8-23(3)28-13-14-29-27-12-9-24-21-26(38-32(36)16-11-25-10-15-31(35)37-25)17-19-33(24,4)30(27)18-20-34(28,29)5/h9-11,15-16,22-23,26-30H,6-8,12-14,17-21H2,1-5H3/b16-11+. The molecule has 8 unspecified atom stereocenters. The Morgan fingerprint density at radius 1 is 1.11 bits per heavy atom. The van der Waals surface area contributed by atoms with Gasteiger partial charge in [-0.05, 0) is 125 Å². The molecule has 1 aromatic rings. The first kappa shape index (κ1) is 28.2. The van der Waals surface area contributed by atoms with Crippen molar-refractivity contribution in [2.24, 2.45) is 46.3 Å². The number of hydrogen-bond acceptors (Lipinski definition) is 3. The van der Waals surface area contributed by atoms with E-state index in [0.29, 0.717) is 15.8 Å². The topological polar surface area (TPSA) is 39.4 Å². The van der Waals surface area contributed by atoms with Crippen LogP contribution in [0, 0.1) is 46.3 Å². The van der Waals surface area contributed by atoms with Crippen LogP contribution in [0.3, 0.4) is 0 Å². The zero-order valence-corrected chi connectivity index (χ0v) is 25.9. The lowest BCUT2D eigenvalue weighted by Gasteiger charge is -2.58. The summed E-state index contributed by atoms with van der Waals surface area (Å²) in [6.45, 7) is 12.5. The maximum atomic E-state index is 12.5. The van der Waals surface area contributed by atoms with Gasteiger partial charge in [-0.1, -0.05) is 65.5 Å². The van der Waals surface area contributed by atoms with E-state index in [1.165, 1.54) is 57.4 Å². The Balaban J connectivity index is 1.22. The maximum Gasteiger partial charge on any atom is 0.331 e. The largest absolute Gasteiger partial charge is 0.459 e. The van der Waals surface area contributed by atoms with Crippen molar-refractivity contribution in [2.75, 3.05) is 0 Å². The van der Waals surface area contributed by atoms with E-state index in [-0.39, 0.29) is 17.5 Å². The molecule has 4 aliphatic carbocycles. The second-order valence-corrected chi connectivity index (χ2v) is 14.8. The minimum absolute atomic E-state index is 0.0113. The Hall–Kier alpha value is -1.29. The Morgan fingerprint density at radius 2 is 1.92 bits per heavy atom. The van der Waals surface area contributed by atoms with Crippen LogP contribution in [0.4, 0.5) is 0 Å². The summed E-state index contributed by atoms with van der Waals surface area (Å²) in [5.74, 6) is 5.49. The van der Waals surface area contributed by atoms with Gasteiger partial charge < -0.3 is 9.15 Å². The van der Waals surface area contributed by atoms with E-state index in [1.54, 1.807) is 11.6 Å². The van der Waals surface area contributed by atoms with Gasteiger partial charge in [-0.2, -0.15) is 0 Å². The maximum absolute atomic E-state index is 12.5. The molecule has 0 bridgehead atoms. The fourth-order valence-corrected chi connectivity index (χ4v) is 9.84. The third-order valence-corrected chi connectivity index (χ3v) is 11.9. The van der Waals surface area contributed by atoms with Gasteiger partial charge in [0.1, 0.15) is 11.9 Å². The highest BCUT2D eigenvalue weighted by atomic mass is 79.9. The molecule has 0 aromatic carbocycles. The summed E-state index contributed by atoms with van der Waals surface area (Å²) in [5.41, 5.74) is 2.38. The van der Waals surface area contributed by atoms with Crippen LogP contribution < -0.4 is 0 Å². The van der Waals surface area contributed by atoms with Crippen LogP contribution in [-0.2, 0) is 9.53 Å². The van der Waals surface area contributed by atoms with Crippen molar-refractivity contribution in [2.45, 2.75) is 111 Å². The molecule has 0 N–H and O–H groups in total. The molecule has 38 heavy (non-hydrogen) atoms. The molecule has 5 rings (SSSR count). The third-order valence-electron chi connectivity index (χ3n) is 11.5. The van der Waals surface area contributed by atoms with E-state index in [9.17, 15) is 4.79 Å². The second-order valence-electron chi connectivity index (χ2n) is 14.1. The first-order chi connectivity index (χ1) is 18.1. The Bertz CT molecular complexity index is 1050. The smallest absolute Gasteiger partial charge is 0.331 e. The van der Waals surface area contributed by atoms with Crippen molar-refractivity contribution in [1.29, 1.82) is 0 Å². The molecule has 8 atom stereocenters. The Labute approximate surface area is 239 Å². The highest BCUT2D eigenvalue weighted by Crippen LogP contribution is 2.67. The second kappa shape index (κ2) is 11.3. The summed E-state index contributed by atoms with van der Waals surface area (Å²) < 4.78 is 12.0. The van der Waals surface area contributed by atoms with Gasteiger partial charge in [0.2, 0.25) is 0 Å². The highest BCUT2D eigenvalue weighted by Gasteiger charge is 2.59. The SMILES string of the molecule is CC(C)CCCC(C)C1CCC2C3CC=C4CC(OC(=O)/C=C/c5ccc(Br)o5)CCC4(C)C3CCC12C. The van der Waals surface area contributed by atoms with Gasteiger partial charge in [-0.15, -0.1) is 0 Å². The van der Waals surface area contributed by atoms with Crippen molar-refractivity contribution in [3.05, 3.63) is 40.3 Å². The average Bonchev–Trinajstić information content (AvgIpc) is 3.45. The van der Waals surface area contributed by atoms with E-state index in [1.807, 2.05) is 12.1 Å². The van der Waals surface area contributed by atoms with Crippen LogP contribution in [0.25, 0.3) is 6.08 Å². The number of rotatable bonds is 8. The molecule has 3 fully saturated rings. The molecule has 0 amide bonds. The number of ether oxygens (including phenoxy) is 1. The zero-order valence-electron chi connectivity index (χ0n) is 24.3. The van der Waals surface area contributed by atoms with Gasteiger partial charge in [0.05, 0.1) is 0 Å². The van der Waals surface area contributed by atoms with Crippen LogP contribution in [0.15, 0.2) is 38.9 Å². The van der Waals surface area contributed by atoms with E-state index in [4.69, 9.17) is 9.15 Å². The zero-order chi connectivity index (χ0) is 27.1. The molecule has 4 aliphatic rings. The summed E-state index contributed by atoms with van der Waals surface area (Å²) in [4.78, 5) is 12.5. The number of allylic oxidation sites excluding steroid dienone is 1. The molecule has 0 radical (unpaired) electrons. The van der Waals surface area contributed by atoms with Crippen LogP contribution in [0.2, 0.25) is 0 Å². The summed E-state index contributed by atoms with van der Waals surface area (Å²) in [7, 11) is 0. The van der Waals surface area contributed by atoms with E-state index < -0.39 is 0 Å². The van der Waals surface area contributed by atoms with E-state index >= 15 is 0 Å². The number of fused-ring (bicyclic) bond motifs is 5. The summed E-state index contributed by atoms with van der Waals surface area (Å²) >= 11 is 3.30. The van der Waals surface area contributed by atoms with Crippen LogP contribution >= 0.6 is 15.9 Å². The molecule has 3 nitrogen and oxygen atoms in total. The van der Waals surface area contributed by atoms with Gasteiger partial charge in [0.15, 0.2) is 4.67 Å². The monoisotopic (exact) mass is 584 g/mol. The Morgan fingerprint density at radius 3 is 2.66 bits per heavy atom. The molecule has 4 heteroatoms. The van der Waals surface area contributed by atoms with Gasteiger partial charge in [0, 0.05) is 12.5 Å². The number of furan rings is 1. The van der Waals surface area contributed by atoms with Gasteiger partial charge in [-0.3, -0.25) is 0 Å². The van der Waals surface area contributed by atoms with Crippen LogP contribution in [0.5, 0.6) is 0 Å². The molecule has 210 valence electrons. The lowest BCUT2D eigenvalue weighted by Crippen LogP contribution is -2.51. The van der Waals surface area contributed by atoms with Crippen LogP contribution in [-0.4, -0.2) is 12.1 Å². The normalized spacial score (nSPS) is 37.4. The summed E-state index contributed by atoms with van der Waals surface area (Å²) in [6, 6.07) is 3.66. The number of esters is 1. The quantitative estimate of drug-likeness (QED) is 0.173. The molecule has 1 aromatic heterocycles. The average molecular weight is 586 g/mol. The highest BCUT2D eigenvalue weighted by molar-refractivity contribution is 9.10. The lowest BCUT2D eigenvalue weighted by molar-refractivity contribution is -0.145. The minimum atomic E-state index is -0.270. The number of halogens is 1. The van der Waals surface area contributed by atoms with Crippen molar-refractivity contribution >= 4 is 28.0 Å². The third kappa shape index (κ3) is 5.50. The fraction of sp³-hybridized carbons (Fsp3) is 0.735. The summed E-state index contributed by atoms with van der Waals surface area (Å²) in [5, 5.41) is 0. The number of carbonyl (C=O) groups is 1. The lowest BCUT2D eigenvalue weighted by atomic mass is 9.47. The van der Waals surface area contributed by atoms with Crippen molar-refractivity contribution in [1.82, 2.24) is 0 Å². The molecule has 0 saturated heterocycles. The Kier molecular flexibility index (Phi) is 8.40.